The maximum Gasteiger partial charge on any atom is 0.322 e. The molecule has 2 amide bonds. The topological polar surface area (TPSA) is 44.4 Å². The molecule has 2 heterocycles. The second-order valence-electron chi connectivity index (χ2n) is 5.16. The summed E-state index contributed by atoms with van der Waals surface area (Å²) in [4.78, 5) is 14.2. The molecule has 0 saturated carbocycles. The molecule has 0 spiro atoms. The molecule has 0 radical (unpaired) electrons. The average molecular weight is 263 g/mol. The van der Waals surface area contributed by atoms with Crippen LogP contribution in [0.5, 0.6) is 0 Å². The van der Waals surface area contributed by atoms with Gasteiger partial charge in [-0.25, -0.2) is 9.18 Å². The van der Waals surface area contributed by atoms with Gasteiger partial charge in [0.25, 0.3) is 0 Å². The van der Waals surface area contributed by atoms with Crippen LogP contribution in [0.1, 0.15) is 18.4 Å². The van der Waals surface area contributed by atoms with Gasteiger partial charge in [0.1, 0.15) is 5.82 Å². The van der Waals surface area contributed by atoms with E-state index in [9.17, 15) is 9.18 Å². The lowest BCUT2D eigenvalue weighted by Gasteiger charge is -2.33. The Labute approximate surface area is 112 Å². The van der Waals surface area contributed by atoms with E-state index in [0.717, 1.165) is 37.9 Å². The van der Waals surface area contributed by atoms with E-state index in [0.29, 0.717) is 18.3 Å². The summed E-state index contributed by atoms with van der Waals surface area (Å²) in [5.74, 6) is -0.311. The molecule has 4 nitrogen and oxygen atoms in total. The molecule has 0 bridgehead atoms. The van der Waals surface area contributed by atoms with Crippen molar-refractivity contribution in [2.45, 2.75) is 25.3 Å². The van der Waals surface area contributed by atoms with Crippen molar-refractivity contribution in [1.29, 1.82) is 0 Å². The Morgan fingerprint density at radius 1 is 1.26 bits per heavy atom. The molecule has 3 rings (SSSR count). The molecule has 102 valence electrons. The van der Waals surface area contributed by atoms with Gasteiger partial charge >= 0.3 is 6.03 Å². The molecular formula is C14H18FN3O. The van der Waals surface area contributed by atoms with Gasteiger partial charge in [-0.1, -0.05) is 6.07 Å². The van der Waals surface area contributed by atoms with E-state index in [1.807, 2.05) is 4.90 Å². The number of nitrogens with one attached hydrogen (secondary N) is 2. The summed E-state index contributed by atoms with van der Waals surface area (Å²) in [7, 11) is 0. The lowest BCUT2D eigenvalue weighted by atomic mass is 10.0. The van der Waals surface area contributed by atoms with Crippen molar-refractivity contribution < 1.29 is 9.18 Å². The SMILES string of the molecule is O=C1Nc2cc(F)ccc2CCN1C1CCNCC1. The summed E-state index contributed by atoms with van der Waals surface area (Å²) in [6.45, 7) is 2.61. The van der Waals surface area contributed by atoms with Crippen molar-refractivity contribution >= 4 is 11.7 Å². The van der Waals surface area contributed by atoms with Crippen LogP contribution >= 0.6 is 0 Å². The van der Waals surface area contributed by atoms with E-state index < -0.39 is 0 Å². The Hall–Kier alpha value is -1.62. The lowest BCUT2D eigenvalue weighted by Crippen LogP contribution is -2.47. The highest BCUT2D eigenvalue weighted by Gasteiger charge is 2.27. The second kappa shape index (κ2) is 5.17. The van der Waals surface area contributed by atoms with Gasteiger partial charge in [0.05, 0.1) is 0 Å². The van der Waals surface area contributed by atoms with Crippen molar-refractivity contribution in [3.63, 3.8) is 0 Å². The molecule has 2 aliphatic rings. The number of urea groups is 1. The molecule has 0 aromatic heterocycles. The summed E-state index contributed by atoms with van der Waals surface area (Å²) in [6.07, 6.45) is 2.74. The molecule has 1 aromatic rings. The molecule has 19 heavy (non-hydrogen) atoms. The van der Waals surface area contributed by atoms with Crippen molar-refractivity contribution in [3.05, 3.63) is 29.6 Å². The molecule has 2 aliphatic heterocycles. The Morgan fingerprint density at radius 2 is 2.05 bits per heavy atom. The number of carbonyl (C=O) groups is 1. The molecular weight excluding hydrogens is 245 g/mol. The van der Waals surface area contributed by atoms with Crippen LogP contribution in [0.2, 0.25) is 0 Å². The molecule has 1 aromatic carbocycles. The molecule has 5 heteroatoms. The fourth-order valence-electron chi connectivity index (χ4n) is 2.88. The maximum atomic E-state index is 13.2. The first-order valence-electron chi connectivity index (χ1n) is 6.81. The first-order chi connectivity index (χ1) is 9.24. The maximum absolute atomic E-state index is 13.2. The Bertz CT molecular complexity index is 486. The zero-order valence-electron chi connectivity index (χ0n) is 10.8. The van der Waals surface area contributed by atoms with Crippen molar-refractivity contribution in [2.24, 2.45) is 0 Å². The van der Waals surface area contributed by atoms with Crippen LogP contribution in [-0.4, -0.2) is 36.6 Å². The van der Waals surface area contributed by atoms with Gasteiger partial charge in [-0.2, -0.15) is 0 Å². The zero-order valence-corrected chi connectivity index (χ0v) is 10.8. The number of carbonyl (C=O) groups excluding carboxylic acids is 1. The Morgan fingerprint density at radius 3 is 2.84 bits per heavy atom. The molecule has 0 unspecified atom stereocenters. The van der Waals surface area contributed by atoms with Gasteiger partial charge < -0.3 is 15.5 Å². The largest absolute Gasteiger partial charge is 0.322 e. The quantitative estimate of drug-likeness (QED) is 0.813. The van der Waals surface area contributed by atoms with Gasteiger partial charge in [-0.05, 0) is 50.0 Å². The fraction of sp³-hybridized carbons (Fsp3) is 0.500. The summed E-state index contributed by atoms with van der Waals surface area (Å²) < 4.78 is 13.2. The number of benzene rings is 1. The highest BCUT2D eigenvalue weighted by atomic mass is 19.1. The molecule has 1 saturated heterocycles. The van der Waals surface area contributed by atoms with Crippen LogP contribution in [0.4, 0.5) is 14.9 Å². The van der Waals surface area contributed by atoms with Crippen LogP contribution in [0.25, 0.3) is 0 Å². The number of halogens is 1. The van der Waals surface area contributed by atoms with Gasteiger partial charge in [0.2, 0.25) is 0 Å². The summed E-state index contributed by atoms with van der Waals surface area (Å²) in [5.41, 5.74) is 1.62. The lowest BCUT2D eigenvalue weighted by molar-refractivity contribution is 0.173. The zero-order chi connectivity index (χ0) is 13.2. The normalized spacial score (nSPS) is 20.7. The van der Waals surface area contributed by atoms with Crippen LogP contribution in [0.15, 0.2) is 18.2 Å². The molecule has 0 aliphatic carbocycles. The van der Waals surface area contributed by atoms with E-state index in [4.69, 9.17) is 0 Å². The number of piperidine rings is 1. The minimum Gasteiger partial charge on any atom is -0.321 e. The number of hydrogen-bond donors (Lipinski definition) is 2. The highest BCUT2D eigenvalue weighted by molar-refractivity contribution is 5.91. The van der Waals surface area contributed by atoms with Crippen LogP contribution in [0, 0.1) is 5.82 Å². The van der Waals surface area contributed by atoms with Gasteiger partial charge in [0, 0.05) is 18.3 Å². The van der Waals surface area contributed by atoms with E-state index in [-0.39, 0.29) is 11.8 Å². The highest BCUT2D eigenvalue weighted by Crippen LogP contribution is 2.24. The number of rotatable bonds is 1. The monoisotopic (exact) mass is 263 g/mol. The van der Waals surface area contributed by atoms with Gasteiger partial charge in [0.15, 0.2) is 0 Å². The number of hydrogen-bond acceptors (Lipinski definition) is 2. The van der Waals surface area contributed by atoms with E-state index >= 15 is 0 Å². The molecule has 0 atom stereocenters. The summed E-state index contributed by atoms with van der Waals surface area (Å²) in [6, 6.07) is 4.80. The number of nitrogens with zero attached hydrogens (tertiary/aromatic N) is 1. The minimum absolute atomic E-state index is 0.101. The summed E-state index contributed by atoms with van der Waals surface area (Å²) in [5, 5.41) is 6.14. The predicted molar refractivity (Wildman–Crippen MR) is 71.7 cm³/mol. The summed E-state index contributed by atoms with van der Waals surface area (Å²) >= 11 is 0. The fourth-order valence-corrected chi connectivity index (χ4v) is 2.88. The van der Waals surface area contributed by atoms with Crippen LogP contribution < -0.4 is 10.6 Å². The van der Waals surface area contributed by atoms with E-state index in [1.165, 1.54) is 12.1 Å². The third-order valence-electron chi connectivity index (χ3n) is 3.95. The first kappa shape index (κ1) is 12.4. The van der Waals surface area contributed by atoms with Gasteiger partial charge in [-0.15, -0.1) is 0 Å². The Balaban J connectivity index is 1.79. The van der Waals surface area contributed by atoms with E-state index in [2.05, 4.69) is 10.6 Å². The van der Waals surface area contributed by atoms with Crippen molar-refractivity contribution in [1.82, 2.24) is 10.2 Å². The van der Waals surface area contributed by atoms with Crippen LogP contribution in [0.3, 0.4) is 0 Å². The standard InChI is InChI=1S/C14H18FN3O/c15-11-2-1-10-5-8-18(12-3-6-16-7-4-12)14(19)17-13(10)9-11/h1-2,9,12,16H,3-8H2,(H,17,19). The number of anilines is 1. The third kappa shape index (κ3) is 2.56. The average Bonchev–Trinajstić information content (AvgIpc) is 2.57. The van der Waals surface area contributed by atoms with Crippen molar-refractivity contribution in [3.8, 4) is 0 Å². The smallest absolute Gasteiger partial charge is 0.321 e. The first-order valence-corrected chi connectivity index (χ1v) is 6.81. The van der Waals surface area contributed by atoms with Gasteiger partial charge in [-0.3, -0.25) is 0 Å². The predicted octanol–water partition coefficient (Wildman–Crippen LogP) is 1.97. The number of fused-ring (bicyclic) bond motifs is 1. The van der Waals surface area contributed by atoms with E-state index in [1.54, 1.807) is 6.07 Å². The second-order valence-corrected chi connectivity index (χ2v) is 5.16. The Kier molecular flexibility index (Phi) is 3.38. The minimum atomic E-state index is -0.311. The van der Waals surface area contributed by atoms with Crippen molar-refractivity contribution in [2.75, 3.05) is 25.0 Å². The number of amides is 2. The van der Waals surface area contributed by atoms with Crippen LogP contribution in [-0.2, 0) is 6.42 Å². The molecule has 1 fully saturated rings. The third-order valence-corrected chi connectivity index (χ3v) is 3.95. The molecule has 2 N–H and O–H groups in total.